The number of pyridine rings is 1. The molecule has 3 rings (SSSR count). The SMILES string of the molecule is CC1CC(=O)c2cc([N+](=O)[O-])c(SCc3ccccc3)nc2C1. The summed E-state index contributed by atoms with van der Waals surface area (Å²) in [5, 5.41) is 11.7. The number of hydrogen-bond acceptors (Lipinski definition) is 5. The highest BCUT2D eigenvalue weighted by atomic mass is 32.2. The van der Waals surface area contributed by atoms with E-state index in [9.17, 15) is 14.9 Å². The van der Waals surface area contributed by atoms with Gasteiger partial charge in [0.15, 0.2) is 10.8 Å². The Morgan fingerprint density at radius 3 is 2.74 bits per heavy atom. The Morgan fingerprint density at radius 1 is 1.30 bits per heavy atom. The van der Waals surface area contributed by atoms with E-state index in [1.165, 1.54) is 17.8 Å². The van der Waals surface area contributed by atoms with Crippen molar-refractivity contribution in [1.82, 2.24) is 4.98 Å². The van der Waals surface area contributed by atoms with Crippen LogP contribution >= 0.6 is 11.8 Å². The van der Waals surface area contributed by atoms with Crippen molar-refractivity contribution in [3.63, 3.8) is 0 Å². The van der Waals surface area contributed by atoms with Crippen LogP contribution in [0.5, 0.6) is 0 Å². The van der Waals surface area contributed by atoms with E-state index in [4.69, 9.17) is 0 Å². The average molecular weight is 328 g/mol. The van der Waals surface area contributed by atoms with Crippen molar-refractivity contribution in [2.24, 2.45) is 5.92 Å². The monoisotopic (exact) mass is 328 g/mol. The number of ketones is 1. The summed E-state index contributed by atoms with van der Waals surface area (Å²) >= 11 is 1.34. The maximum Gasteiger partial charge on any atom is 0.302 e. The Kier molecular flexibility index (Phi) is 4.43. The second-order valence-corrected chi connectivity index (χ2v) is 6.74. The summed E-state index contributed by atoms with van der Waals surface area (Å²) in [5.74, 6) is 0.793. The molecule has 1 unspecified atom stereocenters. The standard InChI is InChI=1S/C17H16N2O3S/c1-11-7-14-13(16(20)8-11)9-15(19(21)22)17(18-14)23-10-12-5-3-2-4-6-12/h2-6,9,11H,7-8,10H2,1H3. The molecule has 1 aliphatic rings. The predicted molar refractivity (Wildman–Crippen MR) is 88.7 cm³/mol. The van der Waals surface area contributed by atoms with Crippen LogP contribution in [-0.4, -0.2) is 15.7 Å². The number of carbonyl (C=O) groups is 1. The van der Waals surface area contributed by atoms with E-state index in [0.29, 0.717) is 34.9 Å². The summed E-state index contributed by atoms with van der Waals surface area (Å²) in [6.45, 7) is 2.00. The van der Waals surface area contributed by atoms with E-state index in [0.717, 1.165) is 5.56 Å². The predicted octanol–water partition coefficient (Wildman–Crippen LogP) is 4.05. The van der Waals surface area contributed by atoms with Gasteiger partial charge in [-0.15, -0.1) is 0 Å². The molecule has 5 nitrogen and oxygen atoms in total. The van der Waals surface area contributed by atoms with Gasteiger partial charge in [0.1, 0.15) is 0 Å². The molecule has 118 valence electrons. The number of rotatable bonds is 4. The third-order valence-electron chi connectivity index (χ3n) is 3.84. The molecule has 0 spiro atoms. The molecule has 0 saturated carbocycles. The summed E-state index contributed by atoms with van der Waals surface area (Å²) in [4.78, 5) is 27.4. The Balaban J connectivity index is 1.93. The lowest BCUT2D eigenvalue weighted by Crippen LogP contribution is -2.20. The molecule has 0 amide bonds. The fourth-order valence-corrected chi connectivity index (χ4v) is 3.66. The fourth-order valence-electron chi connectivity index (χ4n) is 2.71. The highest BCUT2D eigenvalue weighted by Crippen LogP contribution is 2.34. The van der Waals surface area contributed by atoms with E-state index in [1.807, 2.05) is 37.3 Å². The van der Waals surface area contributed by atoms with Crippen LogP contribution in [0.2, 0.25) is 0 Å². The molecule has 0 radical (unpaired) electrons. The van der Waals surface area contributed by atoms with Gasteiger partial charge in [-0.25, -0.2) is 4.98 Å². The van der Waals surface area contributed by atoms with Crippen molar-refractivity contribution in [2.45, 2.75) is 30.5 Å². The number of thioether (sulfide) groups is 1. The zero-order chi connectivity index (χ0) is 16.4. The molecular formula is C17H16N2O3S. The molecule has 6 heteroatoms. The first kappa shape index (κ1) is 15.7. The van der Waals surface area contributed by atoms with Gasteiger partial charge in [0.25, 0.3) is 0 Å². The first-order valence-corrected chi connectivity index (χ1v) is 8.41. The molecule has 0 N–H and O–H groups in total. The third kappa shape index (κ3) is 3.42. The van der Waals surface area contributed by atoms with Crippen LogP contribution in [0.4, 0.5) is 5.69 Å². The fraction of sp³-hybridized carbons (Fsp3) is 0.294. The van der Waals surface area contributed by atoms with Gasteiger partial charge >= 0.3 is 5.69 Å². The molecule has 0 aliphatic heterocycles. The van der Waals surface area contributed by atoms with Crippen molar-refractivity contribution >= 4 is 23.2 Å². The maximum atomic E-state index is 12.1. The maximum absolute atomic E-state index is 12.1. The van der Waals surface area contributed by atoms with Crippen molar-refractivity contribution in [1.29, 1.82) is 0 Å². The number of hydrogen-bond donors (Lipinski definition) is 0. The number of nitrogens with zero attached hydrogens (tertiary/aromatic N) is 2. The van der Waals surface area contributed by atoms with E-state index in [1.54, 1.807) is 0 Å². The molecule has 23 heavy (non-hydrogen) atoms. The number of fused-ring (bicyclic) bond motifs is 1. The number of Topliss-reactive ketones (excluding diaryl/α,β-unsaturated/α-hetero) is 1. The third-order valence-corrected chi connectivity index (χ3v) is 4.89. The van der Waals surface area contributed by atoms with Crippen LogP contribution in [0.25, 0.3) is 0 Å². The van der Waals surface area contributed by atoms with Gasteiger partial charge in [-0.1, -0.05) is 49.0 Å². The van der Waals surface area contributed by atoms with Gasteiger partial charge in [0, 0.05) is 23.8 Å². The lowest BCUT2D eigenvalue weighted by molar-refractivity contribution is -0.388. The van der Waals surface area contributed by atoms with Gasteiger partial charge in [0.2, 0.25) is 0 Å². The molecule has 0 bridgehead atoms. The summed E-state index contributed by atoms with van der Waals surface area (Å²) in [7, 11) is 0. The molecule has 1 atom stereocenters. The van der Waals surface area contributed by atoms with Crippen molar-refractivity contribution in [3.05, 3.63) is 63.3 Å². The first-order valence-electron chi connectivity index (χ1n) is 7.43. The van der Waals surface area contributed by atoms with Gasteiger partial charge in [-0.2, -0.15) is 0 Å². The van der Waals surface area contributed by atoms with Crippen LogP contribution < -0.4 is 0 Å². The minimum Gasteiger partial charge on any atom is -0.294 e. The van der Waals surface area contributed by atoms with Crippen molar-refractivity contribution in [2.75, 3.05) is 0 Å². The number of benzene rings is 1. The quantitative estimate of drug-likeness (QED) is 0.481. The Morgan fingerprint density at radius 2 is 2.04 bits per heavy atom. The smallest absolute Gasteiger partial charge is 0.294 e. The number of nitro groups is 1. The lowest BCUT2D eigenvalue weighted by atomic mass is 9.87. The molecule has 0 saturated heterocycles. The zero-order valence-electron chi connectivity index (χ0n) is 12.7. The molecule has 1 heterocycles. The topological polar surface area (TPSA) is 73.1 Å². The minimum absolute atomic E-state index is 0.0473. The summed E-state index contributed by atoms with van der Waals surface area (Å²) in [6, 6.07) is 11.2. The summed E-state index contributed by atoms with van der Waals surface area (Å²) < 4.78 is 0. The normalized spacial score (nSPS) is 16.9. The molecule has 1 aromatic heterocycles. The average Bonchev–Trinajstić information content (AvgIpc) is 2.52. The van der Waals surface area contributed by atoms with Gasteiger partial charge < -0.3 is 0 Å². The highest BCUT2D eigenvalue weighted by Gasteiger charge is 2.28. The van der Waals surface area contributed by atoms with Crippen molar-refractivity contribution in [3.8, 4) is 0 Å². The number of aromatic nitrogens is 1. The molecule has 1 aromatic carbocycles. The Hall–Kier alpha value is -2.21. The second-order valence-electron chi connectivity index (χ2n) is 5.77. The lowest BCUT2D eigenvalue weighted by Gasteiger charge is -2.19. The number of carbonyl (C=O) groups excluding carboxylic acids is 1. The first-order chi connectivity index (χ1) is 11.0. The van der Waals surface area contributed by atoms with E-state index >= 15 is 0 Å². The summed E-state index contributed by atoms with van der Waals surface area (Å²) in [6.07, 6.45) is 1.13. The van der Waals surface area contributed by atoms with Gasteiger partial charge in [0.05, 0.1) is 10.6 Å². The zero-order valence-corrected chi connectivity index (χ0v) is 13.5. The summed E-state index contributed by atoms with van der Waals surface area (Å²) in [5.41, 5.74) is 2.11. The molecule has 1 aliphatic carbocycles. The van der Waals surface area contributed by atoms with Crippen LogP contribution in [0.1, 0.15) is 35.0 Å². The van der Waals surface area contributed by atoms with Crippen LogP contribution in [0, 0.1) is 16.0 Å². The molecular weight excluding hydrogens is 312 g/mol. The van der Waals surface area contributed by atoms with Crippen LogP contribution in [-0.2, 0) is 12.2 Å². The van der Waals surface area contributed by atoms with Crippen molar-refractivity contribution < 1.29 is 9.72 Å². The Labute approximate surface area is 138 Å². The molecule has 2 aromatic rings. The van der Waals surface area contributed by atoms with E-state index < -0.39 is 4.92 Å². The van der Waals surface area contributed by atoms with Gasteiger partial charge in [-0.05, 0) is 17.9 Å². The Bertz CT molecular complexity index is 762. The second kappa shape index (κ2) is 6.50. The molecule has 0 fully saturated rings. The van der Waals surface area contributed by atoms with Crippen LogP contribution in [0.15, 0.2) is 41.4 Å². The van der Waals surface area contributed by atoms with E-state index in [2.05, 4.69) is 4.98 Å². The highest BCUT2D eigenvalue weighted by molar-refractivity contribution is 7.98. The van der Waals surface area contributed by atoms with Crippen LogP contribution in [0.3, 0.4) is 0 Å². The van der Waals surface area contributed by atoms with E-state index in [-0.39, 0.29) is 17.4 Å². The largest absolute Gasteiger partial charge is 0.302 e. The minimum atomic E-state index is -0.452. The van der Waals surface area contributed by atoms with Gasteiger partial charge in [-0.3, -0.25) is 14.9 Å².